The van der Waals surface area contributed by atoms with Gasteiger partial charge in [-0.25, -0.2) is 9.78 Å². The monoisotopic (exact) mass is 348 g/mol. The number of phenols is 1. The number of fused-ring (bicyclic) bond motifs is 1. The van der Waals surface area contributed by atoms with Gasteiger partial charge in [0.2, 0.25) is 0 Å². The van der Waals surface area contributed by atoms with E-state index in [-0.39, 0.29) is 33.4 Å². The van der Waals surface area contributed by atoms with Gasteiger partial charge in [-0.3, -0.25) is 0 Å². The lowest BCUT2D eigenvalue weighted by Gasteiger charge is -2.06. The second-order valence-electron chi connectivity index (χ2n) is 5.04. The fourth-order valence-electron chi connectivity index (χ4n) is 2.32. The average molecular weight is 348 g/mol. The number of carbonyl (C=O) groups is 1. The number of alkyl halides is 3. The maximum Gasteiger partial charge on any atom is 0.468 e. The molecule has 0 aliphatic heterocycles. The second-order valence-corrected chi connectivity index (χ2v) is 5.04. The number of benzene rings is 2. The first-order valence-corrected chi connectivity index (χ1v) is 6.69. The highest BCUT2D eigenvalue weighted by Crippen LogP contribution is 2.37. The van der Waals surface area contributed by atoms with E-state index in [0.717, 1.165) is 18.2 Å². The highest BCUT2D eigenvalue weighted by atomic mass is 19.4. The fourth-order valence-corrected chi connectivity index (χ4v) is 2.32. The normalized spacial score (nSPS) is 11.4. The summed E-state index contributed by atoms with van der Waals surface area (Å²) < 4.78 is 43.2. The van der Waals surface area contributed by atoms with E-state index in [1.807, 2.05) is 0 Å². The summed E-state index contributed by atoms with van der Waals surface area (Å²) in [5.74, 6) is -3.40. The molecule has 0 unspecified atom stereocenters. The van der Waals surface area contributed by atoms with E-state index in [1.54, 1.807) is 6.07 Å². The lowest BCUT2D eigenvalue weighted by molar-refractivity contribution is -0.156. The Morgan fingerprint density at radius 3 is 2.52 bits per heavy atom. The predicted octanol–water partition coefficient (Wildman–Crippen LogP) is 3.79. The van der Waals surface area contributed by atoms with Crippen LogP contribution in [0.4, 0.5) is 13.2 Å². The van der Waals surface area contributed by atoms with Gasteiger partial charge in [0.05, 0.1) is 11.6 Å². The minimum atomic E-state index is -4.81. The first-order valence-electron chi connectivity index (χ1n) is 6.69. The van der Waals surface area contributed by atoms with E-state index in [9.17, 15) is 23.1 Å². The summed E-state index contributed by atoms with van der Waals surface area (Å²) >= 11 is 0. The quantitative estimate of drug-likeness (QED) is 0.729. The summed E-state index contributed by atoms with van der Waals surface area (Å²) in [5, 5.41) is 27.8. The van der Waals surface area contributed by atoms with Crippen LogP contribution in [0.2, 0.25) is 0 Å². The van der Waals surface area contributed by atoms with Crippen LogP contribution in [0.5, 0.6) is 5.75 Å². The molecule has 2 N–H and O–H groups in total. The Bertz CT molecular complexity index is 1050. The molecule has 0 amide bonds. The summed E-state index contributed by atoms with van der Waals surface area (Å²) in [5.41, 5.74) is -0.467. The molecule has 6 nitrogen and oxygen atoms in total. The average Bonchev–Trinajstić information content (AvgIpc) is 2.97. The van der Waals surface area contributed by atoms with E-state index in [1.165, 1.54) is 12.1 Å². The summed E-state index contributed by atoms with van der Waals surface area (Å²) in [4.78, 5) is 14.4. The molecule has 0 fully saturated rings. The molecule has 126 valence electrons. The number of nitrogens with zero attached hydrogens (tertiary/aromatic N) is 2. The minimum Gasteiger partial charge on any atom is -0.507 e. The zero-order valence-electron chi connectivity index (χ0n) is 12.1. The van der Waals surface area contributed by atoms with Gasteiger partial charge in [-0.05, 0) is 23.8 Å². The summed E-state index contributed by atoms with van der Waals surface area (Å²) in [6, 6.07) is 7.65. The topological polar surface area (TPSA) is 107 Å². The van der Waals surface area contributed by atoms with Crippen molar-refractivity contribution < 1.29 is 32.6 Å². The van der Waals surface area contributed by atoms with Crippen molar-refractivity contribution in [2.45, 2.75) is 6.18 Å². The minimum absolute atomic E-state index is 0.0224. The van der Waals surface area contributed by atoms with Crippen LogP contribution in [0.15, 0.2) is 34.7 Å². The Morgan fingerprint density at radius 2 is 1.96 bits per heavy atom. The lowest BCUT2D eigenvalue weighted by atomic mass is 10.00. The molecule has 0 bridgehead atoms. The third kappa shape index (κ3) is 2.85. The van der Waals surface area contributed by atoms with Crippen LogP contribution >= 0.6 is 0 Å². The van der Waals surface area contributed by atoms with Crippen molar-refractivity contribution in [1.29, 1.82) is 5.26 Å². The Hall–Kier alpha value is -3.54. The van der Waals surface area contributed by atoms with Crippen molar-refractivity contribution in [3.05, 3.63) is 47.3 Å². The van der Waals surface area contributed by atoms with Crippen molar-refractivity contribution in [3.8, 4) is 22.9 Å². The number of hydrogen-bond donors (Lipinski definition) is 2. The molecule has 9 heteroatoms. The molecule has 0 aliphatic carbocycles. The number of aromatic carboxylic acids is 1. The Labute approximate surface area is 137 Å². The van der Waals surface area contributed by atoms with Gasteiger partial charge in [0, 0.05) is 11.6 Å². The molecular formula is C16H7F3N2O4. The summed E-state index contributed by atoms with van der Waals surface area (Å²) in [7, 11) is 0. The molecule has 2 aromatic carbocycles. The number of aromatic hydroxyl groups is 1. The van der Waals surface area contributed by atoms with Gasteiger partial charge < -0.3 is 14.6 Å². The second kappa shape index (κ2) is 5.52. The number of oxazole rings is 1. The highest BCUT2D eigenvalue weighted by Gasteiger charge is 2.38. The number of nitriles is 1. The predicted molar refractivity (Wildman–Crippen MR) is 77.8 cm³/mol. The number of carboxylic acid groups (broad SMARTS) is 1. The Balaban J connectivity index is 2.28. The van der Waals surface area contributed by atoms with Crippen molar-refractivity contribution in [2.75, 3.05) is 0 Å². The zero-order valence-corrected chi connectivity index (χ0v) is 12.1. The molecule has 1 heterocycles. The van der Waals surface area contributed by atoms with Crippen LogP contribution in [0.25, 0.3) is 22.2 Å². The zero-order chi connectivity index (χ0) is 18.4. The number of halogens is 3. The Kier molecular flexibility index (Phi) is 3.60. The molecular weight excluding hydrogens is 341 g/mol. The standard InChI is InChI=1S/C16H7F3N2O4/c17-16(18,19)15-21-13-10(3-7(6-20)4-12(13)25-15)8-1-2-9(14(23)24)11(22)5-8/h1-5,22H,(H,23,24). The molecule has 25 heavy (non-hydrogen) atoms. The van der Waals surface area contributed by atoms with E-state index in [4.69, 9.17) is 10.4 Å². The maximum absolute atomic E-state index is 12.8. The first kappa shape index (κ1) is 16.3. The van der Waals surface area contributed by atoms with Gasteiger partial charge in [-0.2, -0.15) is 18.4 Å². The molecule has 3 aromatic rings. The first-order chi connectivity index (χ1) is 11.7. The number of hydrogen-bond acceptors (Lipinski definition) is 5. The molecule has 0 saturated heterocycles. The van der Waals surface area contributed by atoms with E-state index in [2.05, 4.69) is 9.40 Å². The number of rotatable bonds is 2. The summed E-state index contributed by atoms with van der Waals surface area (Å²) in [6.45, 7) is 0. The highest BCUT2D eigenvalue weighted by molar-refractivity contribution is 5.95. The van der Waals surface area contributed by atoms with Gasteiger partial charge in [0.15, 0.2) is 5.58 Å². The molecule has 0 saturated carbocycles. The third-order valence-electron chi connectivity index (χ3n) is 3.41. The smallest absolute Gasteiger partial charge is 0.468 e. The molecule has 0 spiro atoms. The van der Waals surface area contributed by atoms with Crippen molar-refractivity contribution in [3.63, 3.8) is 0 Å². The van der Waals surface area contributed by atoms with Crippen LogP contribution in [0, 0.1) is 11.3 Å². The van der Waals surface area contributed by atoms with Crippen molar-refractivity contribution in [1.82, 2.24) is 4.98 Å². The van der Waals surface area contributed by atoms with Crippen molar-refractivity contribution in [2.24, 2.45) is 0 Å². The molecule has 0 atom stereocenters. The third-order valence-corrected chi connectivity index (χ3v) is 3.41. The van der Waals surface area contributed by atoms with Crippen LogP contribution in [-0.4, -0.2) is 21.2 Å². The van der Waals surface area contributed by atoms with Gasteiger partial charge in [0.25, 0.3) is 0 Å². The van der Waals surface area contributed by atoms with Gasteiger partial charge in [-0.1, -0.05) is 6.07 Å². The van der Waals surface area contributed by atoms with Crippen LogP contribution < -0.4 is 0 Å². The largest absolute Gasteiger partial charge is 0.507 e. The van der Waals surface area contributed by atoms with E-state index < -0.39 is 23.8 Å². The molecule has 0 aliphatic rings. The van der Waals surface area contributed by atoms with Gasteiger partial charge in [0.1, 0.15) is 16.8 Å². The summed E-state index contributed by atoms with van der Waals surface area (Å²) in [6.07, 6.45) is -4.81. The van der Waals surface area contributed by atoms with E-state index >= 15 is 0 Å². The molecule has 0 radical (unpaired) electrons. The SMILES string of the molecule is N#Cc1cc(-c2ccc(C(=O)O)c(O)c2)c2nc(C(F)(F)F)oc2c1. The van der Waals surface area contributed by atoms with Gasteiger partial charge >= 0.3 is 18.0 Å². The van der Waals surface area contributed by atoms with Gasteiger partial charge in [-0.15, -0.1) is 0 Å². The van der Waals surface area contributed by atoms with Crippen molar-refractivity contribution >= 4 is 17.1 Å². The molecule has 3 rings (SSSR count). The number of aromatic nitrogens is 1. The molecule has 1 aromatic heterocycles. The number of carboxylic acids is 1. The van der Waals surface area contributed by atoms with Crippen LogP contribution in [-0.2, 0) is 6.18 Å². The lowest BCUT2D eigenvalue weighted by Crippen LogP contribution is -2.04. The van der Waals surface area contributed by atoms with Crippen LogP contribution in [0.1, 0.15) is 21.8 Å². The Morgan fingerprint density at radius 1 is 1.24 bits per heavy atom. The van der Waals surface area contributed by atoms with E-state index in [0.29, 0.717) is 0 Å². The fraction of sp³-hybridized carbons (Fsp3) is 0.0625. The maximum atomic E-state index is 12.8. The van der Waals surface area contributed by atoms with Crippen LogP contribution in [0.3, 0.4) is 0 Å².